The van der Waals surface area contributed by atoms with Gasteiger partial charge in [-0.1, -0.05) is 0 Å². The smallest absolute Gasteiger partial charge is 0.306 e. The maximum atomic E-state index is 10.2. The molecule has 12 heavy (non-hydrogen) atoms. The van der Waals surface area contributed by atoms with Crippen molar-refractivity contribution in [3.63, 3.8) is 0 Å². The van der Waals surface area contributed by atoms with E-state index in [1.807, 2.05) is 0 Å². The van der Waals surface area contributed by atoms with Crippen LogP contribution in [0.1, 0.15) is 6.42 Å². The summed E-state index contributed by atoms with van der Waals surface area (Å²) in [6.45, 7) is 0. The summed E-state index contributed by atoms with van der Waals surface area (Å²) in [5.74, 6) is -1.04. The first-order valence-electron chi connectivity index (χ1n) is 3.71. The molecule has 0 aliphatic heterocycles. The summed E-state index contributed by atoms with van der Waals surface area (Å²) in [7, 11) is 5.40. The molecule has 0 aromatic rings. The average Bonchev–Trinajstić information content (AvgIpc) is 1.82. The fraction of sp³-hybridized carbons (Fsp3) is 0.857. The Bertz CT molecular complexity index is 165. The Kier molecular flexibility index (Phi) is 3.63. The van der Waals surface area contributed by atoms with Crippen molar-refractivity contribution < 1.29 is 19.5 Å². The van der Waals surface area contributed by atoms with Crippen LogP contribution in [0.3, 0.4) is 0 Å². The van der Waals surface area contributed by atoms with E-state index in [2.05, 4.69) is 0 Å². The highest BCUT2D eigenvalue weighted by atomic mass is 16.4. The van der Waals surface area contributed by atoms with Crippen LogP contribution in [0.2, 0.25) is 0 Å². The van der Waals surface area contributed by atoms with Gasteiger partial charge < -0.3 is 14.7 Å². The van der Waals surface area contributed by atoms with Crippen molar-refractivity contribution in [1.82, 2.24) is 0 Å². The lowest BCUT2D eigenvalue weighted by Crippen LogP contribution is -2.57. The van der Waals surface area contributed by atoms with E-state index in [-0.39, 0.29) is 6.42 Å². The van der Waals surface area contributed by atoms with E-state index in [0.717, 1.165) is 0 Å². The third-order valence-corrected chi connectivity index (χ3v) is 1.67. The summed E-state index contributed by atoms with van der Waals surface area (Å²) in [4.78, 5) is 10.2. The van der Waals surface area contributed by atoms with Gasteiger partial charge in [-0.25, -0.2) is 0 Å². The zero-order chi connectivity index (χ0) is 9.94. The average molecular weight is 177 g/mol. The lowest BCUT2D eigenvalue weighted by molar-refractivity contribution is -0.899. The summed E-state index contributed by atoms with van der Waals surface area (Å²) in [5.41, 5.74) is 5.60. The van der Waals surface area contributed by atoms with Gasteiger partial charge in [-0.2, -0.15) is 0 Å². The van der Waals surface area contributed by atoms with Gasteiger partial charge in [0.15, 0.2) is 6.17 Å². The molecule has 0 radical (unpaired) electrons. The minimum absolute atomic E-state index is 0.309. The van der Waals surface area contributed by atoms with Crippen molar-refractivity contribution in [2.75, 3.05) is 21.1 Å². The number of hydrogen-bond acceptors (Lipinski definition) is 3. The number of aliphatic hydroxyl groups excluding tert-OH is 1. The molecule has 2 atom stereocenters. The fourth-order valence-corrected chi connectivity index (χ4v) is 0.816. The predicted octanol–water partition coefficient (Wildman–Crippen LogP) is -1.19. The van der Waals surface area contributed by atoms with Gasteiger partial charge in [-0.05, 0) is 0 Å². The zero-order valence-corrected chi connectivity index (χ0v) is 7.69. The van der Waals surface area contributed by atoms with Gasteiger partial charge in [0, 0.05) is 0 Å². The molecule has 0 aliphatic carbocycles. The SMILES string of the molecule is C[N+](C)(C)C(N)C(O)CC(=O)O. The predicted molar refractivity (Wildman–Crippen MR) is 44.3 cm³/mol. The van der Waals surface area contributed by atoms with E-state index < -0.39 is 18.2 Å². The maximum absolute atomic E-state index is 10.2. The van der Waals surface area contributed by atoms with Gasteiger partial charge >= 0.3 is 5.97 Å². The highest BCUT2D eigenvalue weighted by Crippen LogP contribution is 2.05. The van der Waals surface area contributed by atoms with Crippen LogP contribution in [0.25, 0.3) is 0 Å². The van der Waals surface area contributed by atoms with Crippen molar-refractivity contribution in [1.29, 1.82) is 0 Å². The van der Waals surface area contributed by atoms with Gasteiger partial charge in [0.05, 0.1) is 27.6 Å². The number of nitrogens with two attached hydrogens (primary N) is 1. The minimum Gasteiger partial charge on any atom is -0.481 e. The number of likely N-dealkylation sites (N-methyl/N-ethyl adjacent to an activating group) is 1. The molecular formula is C7H17N2O3+. The van der Waals surface area contributed by atoms with E-state index in [9.17, 15) is 9.90 Å². The highest BCUT2D eigenvalue weighted by Gasteiger charge is 2.28. The van der Waals surface area contributed by atoms with Crippen LogP contribution in [0.4, 0.5) is 0 Å². The number of quaternary nitrogens is 1. The van der Waals surface area contributed by atoms with Crippen molar-refractivity contribution in [2.45, 2.75) is 18.7 Å². The van der Waals surface area contributed by atoms with Crippen LogP contribution in [0.5, 0.6) is 0 Å². The van der Waals surface area contributed by atoms with Gasteiger partial charge in [-0.3, -0.25) is 10.5 Å². The molecule has 5 heteroatoms. The second-order valence-electron chi connectivity index (χ2n) is 3.77. The molecule has 0 amide bonds. The number of carboxylic acids is 1. The number of nitrogens with zero attached hydrogens (tertiary/aromatic N) is 1. The highest BCUT2D eigenvalue weighted by molar-refractivity contribution is 5.67. The summed E-state index contributed by atoms with van der Waals surface area (Å²) < 4.78 is 0.342. The van der Waals surface area contributed by atoms with Crippen molar-refractivity contribution in [2.24, 2.45) is 5.73 Å². The van der Waals surface area contributed by atoms with Crippen LogP contribution in [-0.4, -0.2) is 54.1 Å². The molecule has 72 valence electrons. The van der Waals surface area contributed by atoms with Gasteiger partial charge in [0.2, 0.25) is 0 Å². The first-order chi connectivity index (χ1) is 5.25. The molecule has 0 aliphatic rings. The third-order valence-electron chi connectivity index (χ3n) is 1.67. The van der Waals surface area contributed by atoms with Gasteiger partial charge in [0.1, 0.15) is 6.10 Å². The first-order valence-corrected chi connectivity index (χ1v) is 3.71. The number of carboxylic acid groups (broad SMARTS) is 1. The summed E-state index contributed by atoms with van der Waals surface area (Å²) in [6, 6.07) is 0. The standard InChI is InChI=1S/C7H16N2O3/c1-9(2,3)7(8)5(10)4-6(11)12/h5,7,10H,4,8H2,1-3H3/p+1. The maximum Gasteiger partial charge on any atom is 0.306 e. The fourth-order valence-electron chi connectivity index (χ4n) is 0.816. The van der Waals surface area contributed by atoms with E-state index in [1.54, 1.807) is 21.1 Å². The summed E-state index contributed by atoms with van der Waals surface area (Å²) in [6.07, 6.45) is -1.87. The number of aliphatic carboxylic acids is 1. The van der Waals surface area contributed by atoms with Crippen LogP contribution in [0, 0.1) is 0 Å². The van der Waals surface area contributed by atoms with E-state index >= 15 is 0 Å². The third kappa shape index (κ3) is 3.66. The topological polar surface area (TPSA) is 83.5 Å². The van der Waals surface area contributed by atoms with Gasteiger partial charge in [0.25, 0.3) is 0 Å². The second-order valence-corrected chi connectivity index (χ2v) is 3.77. The quantitative estimate of drug-likeness (QED) is 0.372. The molecule has 0 bridgehead atoms. The first kappa shape index (κ1) is 11.4. The Morgan fingerprint density at radius 2 is 1.92 bits per heavy atom. The van der Waals surface area contributed by atoms with Crippen molar-refractivity contribution in [3.05, 3.63) is 0 Å². The van der Waals surface area contributed by atoms with E-state index in [4.69, 9.17) is 10.8 Å². The molecule has 0 aromatic heterocycles. The van der Waals surface area contributed by atoms with Crippen LogP contribution in [0.15, 0.2) is 0 Å². The second kappa shape index (κ2) is 3.84. The van der Waals surface area contributed by atoms with Crippen LogP contribution >= 0.6 is 0 Å². The normalized spacial score (nSPS) is 17.1. The molecule has 0 aromatic carbocycles. The molecule has 0 fully saturated rings. The Hall–Kier alpha value is -0.650. The van der Waals surface area contributed by atoms with Gasteiger partial charge in [-0.15, -0.1) is 0 Å². The summed E-state index contributed by atoms with van der Waals surface area (Å²) in [5, 5.41) is 17.7. The minimum atomic E-state index is -1.04. The zero-order valence-electron chi connectivity index (χ0n) is 7.69. The number of hydrogen-bond donors (Lipinski definition) is 3. The van der Waals surface area contributed by atoms with Crippen molar-refractivity contribution >= 4 is 5.97 Å². The molecule has 0 rings (SSSR count). The molecule has 4 N–H and O–H groups in total. The lowest BCUT2D eigenvalue weighted by atomic mass is 10.2. The molecule has 0 saturated heterocycles. The Labute approximate surface area is 72.0 Å². The lowest BCUT2D eigenvalue weighted by Gasteiger charge is -2.33. The van der Waals surface area contributed by atoms with E-state index in [1.165, 1.54) is 0 Å². The molecule has 0 saturated carbocycles. The molecule has 0 heterocycles. The Morgan fingerprint density at radius 3 is 2.17 bits per heavy atom. The number of carbonyl (C=O) groups is 1. The Balaban J connectivity index is 4.10. The molecular weight excluding hydrogens is 160 g/mol. The van der Waals surface area contributed by atoms with Crippen LogP contribution < -0.4 is 5.73 Å². The van der Waals surface area contributed by atoms with Crippen molar-refractivity contribution in [3.8, 4) is 0 Å². The Morgan fingerprint density at radius 1 is 1.50 bits per heavy atom. The largest absolute Gasteiger partial charge is 0.481 e. The summed E-state index contributed by atoms with van der Waals surface area (Å²) >= 11 is 0. The molecule has 0 spiro atoms. The molecule has 2 unspecified atom stereocenters. The monoisotopic (exact) mass is 177 g/mol. The molecule has 5 nitrogen and oxygen atoms in total. The van der Waals surface area contributed by atoms with E-state index in [0.29, 0.717) is 4.48 Å². The number of rotatable bonds is 4. The van der Waals surface area contributed by atoms with Crippen LogP contribution in [-0.2, 0) is 4.79 Å². The number of aliphatic hydroxyl groups is 1.